The van der Waals surface area contributed by atoms with Gasteiger partial charge < -0.3 is 15.5 Å². The molecule has 4 aromatic rings. The lowest BCUT2D eigenvalue weighted by molar-refractivity contribution is -0.128. The Hall–Kier alpha value is -4.56. The number of Topliss-reactive ketones (excluding diaryl/α,β-unsaturated/α-hetero) is 1. The first-order valence-corrected chi connectivity index (χ1v) is 19.2. The maximum Gasteiger partial charge on any atom is 0.265 e. The van der Waals surface area contributed by atoms with Crippen molar-refractivity contribution in [3.05, 3.63) is 95.9 Å². The number of hydrogen-bond donors (Lipinski definition) is 3. The number of hydrogen-bond acceptors (Lipinski definition) is 10. The van der Waals surface area contributed by atoms with E-state index in [0.29, 0.717) is 30.0 Å². The zero-order valence-corrected chi connectivity index (χ0v) is 31.0. The minimum absolute atomic E-state index is 0.0152. The highest BCUT2D eigenvalue weighted by Gasteiger charge is 2.65. The molecule has 2 aromatic heterocycles. The number of aryl methyl sites for hydroxylation is 1. The number of piperazine rings is 1. The number of anilines is 3. The van der Waals surface area contributed by atoms with Crippen LogP contribution in [-0.2, 0) is 21.5 Å². The zero-order chi connectivity index (χ0) is 37.1. The summed E-state index contributed by atoms with van der Waals surface area (Å²) in [5.74, 6) is 0.232. The number of carbonyl (C=O) groups excluding carboxylic acids is 2. The highest BCUT2D eigenvalue weighted by Crippen LogP contribution is 2.64. The number of aromatic nitrogens is 3. The van der Waals surface area contributed by atoms with E-state index in [4.69, 9.17) is 4.55 Å². The summed E-state index contributed by atoms with van der Waals surface area (Å²) in [7, 11) is -1.92. The second-order valence-corrected chi connectivity index (χ2v) is 16.2. The van der Waals surface area contributed by atoms with E-state index in [2.05, 4.69) is 42.4 Å². The second-order valence-electron chi connectivity index (χ2n) is 14.8. The van der Waals surface area contributed by atoms with E-state index in [1.54, 1.807) is 18.6 Å². The summed E-state index contributed by atoms with van der Waals surface area (Å²) in [6, 6.07) is 19.3. The molecule has 2 aliphatic carbocycles. The molecule has 7 rings (SSSR count). The monoisotopic (exact) mass is 725 g/mol. The highest BCUT2D eigenvalue weighted by atomic mass is 32.2. The standard InChI is InChI=1S/C29H31N7O.C10H16O4S/c1-21-5-10-25(18-27(21)34-29-31-13-11-26(33-29)24-4-3-12-30-19-24)32-28(37)23-8-6-22(7-9-23)20-36-16-14-35(2)15-17-36;1-9(2)7-3-4-10(9,8(11)5-7)6-15(12,13)14/h3-13,18-19H,14-17,20H2,1-2H3,(H,32,37)(H,31,33,34);7H,3-6H2,1-2H3,(H,12,13,14)/t;7-,10-/m.1/s1. The number of fused-ring (bicyclic) bond motifs is 2. The van der Waals surface area contributed by atoms with Crippen molar-refractivity contribution in [1.29, 1.82) is 0 Å². The summed E-state index contributed by atoms with van der Waals surface area (Å²) in [5, 5.41) is 6.29. The van der Waals surface area contributed by atoms with Gasteiger partial charge in [0.05, 0.1) is 16.9 Å². The Morgan fingerprint density at radius 1 is 1.02 bits per heavy atom. The molecule has 1 saturated heterocycles. The fraction of sp³-hybridized carbons (Fsp3) is 0.410. The summed E-state index contributed by atoms with van der Waals surface area (Å²) in [5.41, 5.74) is 4.96. The number of nitrogens with zero attached hydrogens (tertiary/aromatic N) is 5. The molecule has 0 spiro atoms. The number of nitrogens with one attached hydrogen (secondary N) is 2. The van der Waals surface area contributed by atoms with E-state index in [9.17, 15) is 18.0 Å². The lowest BCUT2D eigenvalue weighted by Crippen LogP contribution is -2.43. The third-order valence-corrected chi connectivity index (χ3v) is 12.0. The minimum Gasteiger partial charge on any atom is -0.324 e. The van der Waals surface area contributed by atoms with Crippen molar-refractivity contribution in [3.63, 3.8) is 0 Å². The molecule has 3 heterocycles. The van der Waals surface area contributed by atoms with Crippen molar-refractivity contribution in [3.8, 4) is 11.3 Å². The fourth-order valence-electron chi connectivity index (χ4n) is 7.70. The lowest BCUT2D eigenvalue weighted by atomic mass is 9.70. The maximum absolute atomic E-state index is 12.9. The van der Waals surface area contributed by atoms with E-state index in [-0.39, 0.29) is 23.0 Å². The molecular formula is C39H47N7O5S. The molecule has 2 saturated carbocycles. The Bertz CT molecular complexity index is 2020. The minimum atomic E-state index is -4.08. The van der Waals surface area contributed by atoms with Gasteiger partial charge in [0, 0.05) is 80.2 Å². The Balaban J connectivity index is 0.000000258. The van der Waals surface area contributed by atoms with Crippen LogP contribution in [0.3, 0.4) is 0 Å². The van der Waals surface area contributed by atoms with Crippen molar-refractivity contribution in [2.45, 2.75) is 46.6 Å². The highest BCUT2D eigenvalue weighted by molar-refractivity contribution is 7.85. The molecule has 3 aliphatic rings. The molecule has 1 aliphatic heterocycles. The van der Waals surface area contributed by atoms with Crippen molar-refractivity contribution in [1.82, 2.24) is 24.8 Å². The largest absolute Gasteiger partial charge is 0.324 e. The van der Waals surface area contributed by atoms with Crippen molar-refractivity contribution in [2.75, 3.05) is 49.6 Å². The molecule has 0 radical (unpaired) electrons. The maximum atomic E-state index is 12.9. The number of amides is 1. The molecule has 0 unspecified atom stereocenters. The number of benzene rings is 2. The van der Waals surface area contributed by atoms with Gasteiger partial charge in [0.2, 0.25) is 5.95 Å². The summed E-state index contributed by atoms with van der Waals surface area (Å²) in [6.07, 6.45) is 7.19. The summed E-state index contributed by atoms with van der Waals surface area (Å²) < 4.78 is 31.0. The van der Waals surface area contributed by atoms with Crippen molar-refractivity contribution >= 4 is 39.1 Å². The number of likely N-dealkylation sites (N-methyl/N-ethyl adjacent to an activating group) is 1. The smallest absolute Gasteiger partial charge is 0.265 e. The number of carbonyl (C=O) groups is 2. The van der Waals surface area contributed by atoms with Crippen LogP contribution in [0.4, 0.5) is 17.3 Å². The van der Waals surface area contributed by atoms with Crippen LogP contribution >= 0.6 is 0 Å². The molecule has 12 nitrogen and oxygen atoms in total. The molecule has 3 N–H and O–H groups in total. The average Bonchev–Trinajstić information content (AvgIpc) is 3.45. The molecule has 1 amide bonds. The van der Waals surface area contributed by atoms with Crippen molar-refractivity contribution in [2.24, 2.45) is 16.7 Å². The van der Waals surface area contributed by atoms with Crippen LogP contribution in [0, 0.1) is 23.7 Å². The van der Waals surface area contributed by atoms with E-state index in [0.717, 1.165) is 61.7 Å². The molecule has 52 heavy (non-hydrogen) atoms. The van der Waals surface area contributed by atoms with E-state index in [1.165, 1.54) is 5.56 Å². The number of ketones is 1. The van der Waals surface area contributed by atoms with Gasteiger partial charge in [0.25, 0.3) is 16.0 Å². The molecule has 2 aromatic carbocycles. The lowest BCUT2D eigenvalue weighted by Gasteiger charge is -2.35. The van der Waals surface area contributed by atoms with Gasteiger partial charge in [-0.15, -0.1) is 0 Å². The van der Waals surface area contributed by atoms with Crippen LogP contribution in [0.5, 0.6) is 0 Å². The molecule has 2 bridgehead atoms. The molecule has 3 fully saturated rings. The van der Waals surface area contributed by atoms with Gasteiger partial charge in [-0.3, -0.25) is 24.0 Å². The summed E-state index contributed by atoms with van der Waals surface area (Å²) >= 11 is 0. The summed E-state index contributed by atoms with van der Waals surface area (Å²) in [4.78, 5) is 42.7. The van der Waals surface area contributed by atoms with Crippen LogP contribution in [-0.4, -0.2) is 88.4 Å². The third-order valence-electron chi connectivity index (χ3n) is 11.1. The van der Waals surface area contributed by atoms with Gasteiger partial charge in [0.15, 0.2) is 0 Å². The van der Waals surface area contributed by atoms with Crippen molar-refractivity contribution < 1.29 is 22.6 Å². The van der Waals surface area contributed by atoms with Gasteiger partial charge in [-0.2, -0.15) is 8.42 Å². The number of pyridine rings is 1. The van der Waals surface area contributed by atoms with Crippen LogP contribution in [0.25, 0.3) is 11.3 Å². The predicted octanol–water partition coefficient (Wildman–Crippen LogP) is 5.86. The number of rotatable bonds is 9. The molecular weight excluding hydrogens is 679 g/mol. The third kappa shape index (κ3) is 8.39. The Morgan fingerprint density at radius 3 is 2.40 bits per heavy atom. The first-order chi connectivity index (χ1) is 24.7. The van der Waals surface area contributed by atoms with Crippen LogP contribution in [0.1, 0.15) is 54.6 Å². The van der Waals surface area contributed by atoms with Gasteiger partial charge in [-0.05, 0) is 91.7 Å². The average molecular weight is 726 g/mol. The van der Waals surface area contributed by atoms with Crippen LogP contribution in [0.15, 0.2) is 79.3 Å². The van der Waals surface area contributed by atoms with Crippen LogP contribution in [0.2, 0.25) is 0 Å². The van der Waals surface area contributed by atoms with E-state index < -0.39 is 21.3 Å². The Labute approximate surface area is 305 Å². The molecule has 274 valence electrons. The first kappa shape index (κ1) is 37.2. The molecule has 13 heteroatoms. The topological polar surface area (TPSA) is 158 Å². The van der Waals surface area contributed by atoms with Gasteiger partial charge in [-0.25, -0.2) is 9.97 Å². The fourth-order valence-corrected chi connectivity index (χ4v) is 9.00. The Morgan fingerprint density at radius 2 is 1.77 bits per heavy atom. The van der Waals surface area contributed by atoms with Gasteiger partial charge in [-0.1, -0.05) is 32.0 Å². The quantitative estimate of drug-likeness (QED) is 0.178. The predicted molar refractivity (Wildman–Crippen MR) is 202 cm³/mol. The second kappa shape index (κ2) is 15.2. The van der Waals surface area contributed by atoms with E-state index >= 15 is 0 Å². The zero-order valence-electron chi connectivity index (χ0n) is 30.2. The summed E-state index contributed by atoms with van der Waals surface area (Å²) in [6.45, 7) is 11.1. The first-order valence-electron chi connectivity index (χ1n) is 17.6. The Kier molecular flexibility index (Phi) is 10.9. The SMILES string of the molecule is CC1(C)[C@@H]2CC[C@@]1(CS(=O)(=O)O)C(=O)C2.Cc1ccc(NC(=O)c2ccc(CN3CCN(C)CC3)cc2)cc1Nc1nccc(-c2cccnc2)n1. The normalized spacial score (nSPS) is 21.3. The van der Waals surface area contributed by atoms with Gasteiger partial charge >= 0.3 is 0 Å². The molecule has 2 atom stereocenters. The van der Waals surface area contributed by atoms with Gasteiger partial charge in [0.1, 0.15) is 5.78 Å². The van der Waals surface area contributed by atoms with Crippen LogP contribution < -0.4 is 10.6 Å². The van der Waals surface area contributed by atoms with E-state index in [1.807, 2.05) is 81.4 Å².